The Kier molecular flexibility index (Phi) is 6.00. The summed E-state index contributed by atoms with van der Waals surface area (Å²) < 4.78 is 37.6. The SMILES string of the molecule is CCCNc1nc(C)cc(N(CCO)CC(F)(F)F)n1. The first-order chi connectivity index (χ1) is 9.35. The molecule has 0 fully saturated rings. The third kappa shape index (κ3) is 5.60. The van der Waals surface area contributed by atoms with Crippen molar-refractivity contribution in [2.45, 2.75) is 26.4 Å². The Bertz CT molecular complexity index is 426. The summed E-state index contributed by atoms with van der Waals surface area (Å²) in [5, 5.41) is 11.8. The van der Waals surface area contributed by atoms with Crippen LogP contribution in [-0.4, -0.2) is 47.5 Å². The minimum atomic E-state index is -4.36. The molecule has 0 aromatic carbocycles. The topological polar surface area (TPSA) is 61.3 Å². The molecule has 2 N–H and O–H groups in total. The van der Waals surface area contributed by atoms with Crippen LogP contribution in [0.1, 0.15) is 19.0 Å². The van der Waals surface area contributed by atoms with E-state index in [1.165, 1.54) is 6.07 Å². The number of alkyl halides is 3. The average molecular weight is 292 g/mol. The summed E-state index contributed by atoms with van der Waals surface area (Å²) >= 11 is 0. The van der Waals surface area contributed by atoms with E-state index in [0.29, 0.717) is 18.2 Å². The van der Waals surface area contributed by atoms with Gasteiger partial charge in [0.2, 0.25) is 5.95 Å². The third-order valence-electron chi connectivity index (χ3n) is 2.44. The van der Waals surface area contributed by atoms with Crippen LogP contribution in [0.4, 0.5) is 24.9 Å². The number of hydrogen-bond acceptors (Lipinski definition) is 5. The molecule has 0 amide bonds. The molecule has 0 saturated carbocycles. The predicted molar refractivity (Wildman–Crippen MR) is 70.9 cm³/mol. The lowest BCUT2D eigenvalue weighted by Crippen LogP contribution is -2.37. The van der Waals surface area contributed by atoms with E-state index >= 15 is 0 Å². The zero-order chi connectivity index (χ0) is 15.2. The van der Waals surface area contributed by atoms with Crippen LogP contribution in [0.3, 0.4) is 0 Å². The Balaban J connectivity index is 2.96. The Labute approximate surface area is 115 Å². The lowest BCUT2D eigenvalue weighted by atomic mass is 10.3. The molecule has 0 saturated heterocycles. The second kappa shape index (κ2) is 7.28. The van der Waals surface area contributed by atoms with E-state index in [1.54, 1.807) is 6.92 Å². The largest absolute Gasteiger partial charge is 0.405 e. The number of halogens is 3. The number of aliphatic hydroxyl groups is 1. The van der Waals surface area contributed by atoms with Crippen molar-refractivity contribution < 1.29 is 18.3 Å². The van der Waals surface area contributed by atoms with E-state index in [-0.39, 0.29) is 19.0 Å². The fourth-order valence-corrected chi connectivity index (χ4v) is 1.64. The van der Waals surface area contributed by atoms with Crippen LogP contribution in [0.5, 0.6) is 0 Å². The van der Waals surface area contributed by atoms with Gasteiger partial charge in [-0.2, -0.15) is 18.2 Å². The summed E-state index contributed by atoms with van der Waals surface area (Å²) in [6.07, 6.45) is -3.50. The maximum Gasteiger partial charge on any atom is 0.405 e. The molecule has 20 heavy (non-hydrogen) atoms. The molecule has 8 heteroatoms. The van der Waals surface area contributed by atoms with Gasteiger partial charge in [-0.3, -0.25) is 0 Å². The normalized spacial score (nSPS) is 11.5. The van der Waals surface area contributed by atoms with Crippen LogP contribution < -0.4 is 10.2 Å². The molecule has 1 rings (SSSR count). The average Bonchev–Trinajstić information content (AvgIpc) is 2.33. The molecule has 1 aromatic heterocycles. The van der Waals surface area contributed by atoms with Gasteiger partial charge in [-0.15, -0.1) is 0 Å². The van der Waals surface area contributed by atoms with Gasteiger partial charge in [0.25, 0.3) is 0 Å². The van der Waals surface area contributed by atoms with Crippen molar-refractivity contribution in [2.75, 3.05) is 36.5 Å². The minimum absolute atomic E-state index is 0.136. The number of hydrogen-bond donors (Lipinski definition) is 2. The molecule has 1 heterocycles. The van der Waals surface area contributed by atoms with Crippen molar-refractivity contribution in [1.29, 1.82) is 0 Å². The lowest BCUT2D eigenvalue weighted by molar-refractivity contribution is -0.120. The molecule has 0 atom stereocenters. The van der Waals surface area contributed by atoms with Gasteiger partial charge in [-0.05, 0) is 13.3 Å². The van der Waals surface area contributed by atoms with Crippen molar-refractivity contribution in [3.8, 4) is 0 Å². The lowest BCUT2D eigenvalue weighted by Gasteiger charge is -2.24. The van der Waals surface area contributed by atoms with Gasteiger partial charge < -0.3 is 15.3 Å². The summed E-state index contributed by atoms with van der Waals surface area (Å²) in [5.41, 5.74) is 0.568. The number of nitrogens with zero attached hydrogens (tertiary/aromatic N) is 3. The highest BCUT2D eigenvalue weighted by molar-refractivity contribution is 5.45. The fraction of sp³-hybridized carbons (Fsp3) is 0.667. The second-order valence-corrected chi connectivity index (χ2v) is 4.38. The van der Waals surface area contributed by atoms with E-state index in [9.17, 15) is 13.2 Å². The zero-order valence-corrected chi connectivity index (χ0v) is 11.5. The highest BCUT2D eigenvalue weighted by Crippen LogP contribution is 2.21. The minimum Gasteiger partial charge on any atom is -0.395 e. The highest BCUT2D eigenvalue weighted by Gasteiger charge is 2.31. The van der Waals surface area contributed by atoms with Crippen LogP contribution in [-0.2, 0) is 0 Å². The summed E-state index contributed by atoms with van der Waals surface area (Å²) in [7, 11) is 0. The number of aryl methyl sites for hydroxylation is 1. The number of aliphatic hydroxyl groups excluding tert-OH is 1. The molecular formula is C12H19F3N4O. The van der Waals surface area contributed by atoms with E-state index in [2.05, 4.69) is 15.3 Å². The Hall–Kier alpha value is -1.57. The molecule has 0 unspecified atom stereocenters. The summed E-state index contributed by atoms with van der Waals surface area (Å²) in [6, 6.07) is 1.47. The standard InChI is InChI=1S/C12H19F3N4O/c1-3-4-16-11-17-9(2)7-10(18-11)19(5-6-20)8-12(13,14)15/h7,20H,3-6,8H2,1-2H3,(H,16,17,18). The van der Waals surface area contributed by atoms with E-state index in [4.69, 9.17) is 5.11 Å². The summed E-state index contributed by atoms with van der Waals surface area (Å²) in [4.78, 5) is 9.18. The smallest absolute Gasteiger partial charge is 0.395 e. The first kappa shape index (κ1) is 16.5. The van der Waals surface area contributed by atoms with Crippen molar-refractivity contribution in [1.82, 2.24) is 9.97 Å². The number of aromatic nitrogens is 2. The molecule has 0 spiro atoms. The van der Waals surface area contributed by atoms with Crippen molar-refractivity contribution in [3.05, 3.63) is 11.8 Å². The molecule has 114 valence electrons. The fourth-order valence-electron chi connectivity index (χ4n) is 1.64. The maximum atomic E-state index is 12.5. The van der Waals surface area contributed by atoms with Gasteiger partial charge in [0.05, 0.1) is 6.61 Å². The number of anilines is 2. The van der Waals surface area contributed by atoms with Gasteiger partial charge in [0, 0.05) is 24.8 Å². The predicted octanol–water partition coefficient (Wildman–Crippen LogP) is 1.97. The van der Waals surface area contributed by atoms with Gasteiger partial charge in [0.1, 0.15) is 12.4 Å². The van der Waals surface area contributed by atoms with Gasteiger partial charge >= 0.3 is 6.18 Å². The van der Waals surface area contributed by atoms with Crippen LogP contribution in [0.25, 0.3) is 0 Å². The van der Waals surface area contributed by atoms with Gasteiger partial charge in [0.15, 0.2) is 0 Å². The monoisotopic (exact) mass is 292 g/mol. The van der Waals surface area contributed by atoms with Gasteiger partial charge in [-0.25, -0.2) is 4.98 Å². The van der Waals surface area contributed by atoms with Crippen molar-refractivity contribution in [2.24, 2.45) is 0 Å². The summed E-state index contributed by atoms with van der Waals surface area (Å²) in [6.45, 7) is 2.62. The second-order valence-electron chi connectivity index (χ2n) is 4.38. The zero-order valence-electron chi connectivity index (χ0n) is 11.5. The van der Waals surface area contributed by atoms with Crippen LogP contribution >= 0.6 is 0 Å². The molecule has 0 aliphatic carbocycles. The summed E-state index contributed by atoms with van der Waals surface area (Å²) in [5.74, 6) is 0.453. The van der Waals surface area contributed by atoms with Crippen LogP contribution in [0, 0.1) is 6.92 Å². The first-order valence-corrected chi connectivity index (χ1v) is 6.38. The molecule has 0 radical (unpaired) electrons. The highest BCUT2D eigenvalue weighted by atomic mass is 19.4. The Morgan fingerprint density at radius 2 is 2.05 bits per heavy atom. The van der Waals surface area contributed by atoms with E-state index < -0.39 is 12.7 Å². The Morgan fingerprint density at radius 3 is 2.60 bits per heavy atom. The molecule has 0 aliphatic heterocycles. The van der Waals surface area contributed by atoms with Crippen LogP contribution in [0.15, 0.2) is 6.07 Å². The first-order valence-electron chi connectivity index (χ1n) is 6.38. The number of rotatable bonds is 7. The van der Waals surface area contributed by atoms with Crippen LogP contribution in [0.2, 0.25) is 0 Å². The quantitative estimate of drug-likeness (QED) is 0.804. The molecule has 0 bridgehead atoms. The third-order valence-corrected chi connectivity index (χ3v) is 2.44. The number of nitrogens with one attached hydrogen (secondary N) is 1. The van der Waals surface area contributed by atoms with Crippen molar-refractivity contribution >= 4 is 11.8 Å². The van der Waals surface area contributed by atoms with Gasteiger partial charge in [-0.1, -0.05) is 6.92 Å². The molecule has 5 nitrogen and oxygen atoms in total. The molecular weight excluding hydrogens is 273 g/mol. The van der Waals surface area contributed by atoms with E-state index in [1.807, 2.05) is 6.92 Å². The maximum absolute atomic E-state index is 12.5. The van der Waals surface area contributed by atoms with Crippen molar-refractivity contribution in [3.63, 3.8) is 0 Å². The van der Waals surface area contributed by atoms with E-state index in [0.717, 1.165) is 11.3 Å². The Morgan fingerprint density at radius 1 is 1.35 bits per heavy atom. The molecule has 0 aliphatic rings. The molecule has 1 aromatic rings.